The van der Waals surface area contributed by atoms with Gasteiger partial charge in [0.05, 0.1) is 16.9 Å². The molecule has 3 rings (SSSR count). The molecule has 0 saturated heterocycles. The van der Waals surface area contributed by atoms with Crippen LogP contribution in [0.3, 0.4) is 0 Å². The number of alkyl halides is 3. The van der Waals surface area contributed by atoms with E-state index in [4.69, 9.17) is 0 Å². The van der Waals surface area contributed by atoms with Gasteiger partial charge in [-0.3, -0.25) is 19.7 Å². The maximum Gasteiger partial charge on any atom is 0.417 e. The molecule has 7 nitrogen and oxygen atoms in total. The standard InChI is InChI=1S/C20H15F3N4O3S2/c1-11(28)12-6-8-13(9-7-12)24-16(29)10-31-19-27-26-18(32-19)25-17(30)14-4-2-3-5-15(14)20(21,22)23/h2-9H,10H2,1H3,(H,24,29)(H,25,26,30). The third-order valence-electron chi connectivity index (χ3n) is 4.01. The first-order valence-corrected chi connectivity index (χ1v) is 10.8. The largest absolute Gasteiger partial charge is 0.417 e. The first-order valence-electron chi connectivity index (χ1n) is 8.98. The average molecular weight is 480 g/mol. The predicted octanol–water partition coefficient (Wildman–Crippen LogP) is 4.74. The molecule has 3 aromatic rings. The van der Waals surface area contributed by atoms with Crippen molar-refractivity contribution in [1.82, 2.24) is 10.2 Å². The lowest BCUT2D eigenvalue weighted by Gasteiger charge is -2.11. The van der Waals surface area contributed by atoms with Gasteiger partial charge in [0.2, 0.25) is 11.0 Å². The van der Waals surface area contributed by atoms with Gasteiger partial charge in [0.1, 0.15) is 0 Å². The van der Waals surface area contributed by atoms with Crippen LogP contribution in [-0.4, -0.2) is 33.5 Å². The Morgan fingerprint density at radius 1 is 1.00 bits per heavy atom. The van der Waals surface area contributed by atoms with Crippen LogP contribution in [0.1, 0.15) is 33.2 Å². The summed E-state index contributed by atoms with van der Waals surface area (Å²) >= 11 is 1.99. The molecule has 0 atom stereocenters. The Balaban J connectivity index is 1.55. The number of benzene rings is 2. The number of nitrogens with zero attached hydrogens (tertiary/aromatic N) is 2. The summed E-state index contributed by atoms with van der Waals surface area (Å²) in [5.74, 6) is -1.38. The van der Waals surface area contributed by atoms with Crippen molar-refractivity contribution in [3.63, 3.8) is 0 Å². The Morgan fingerprint density at radius 2 is 1.69 bits per heavy atom. The minimum atomic E-state index is -4.67. The summed E-state index contributed by atoms with van der Waals surface area (Å²) in [6.45, 7) is 1.44. The molecular weight excluding hydrogens is 465 g/mol. The van der Waals surface area contributed by atoms with E-state index in [0.717, 1.165) is 35.2 Å². The fraction of sp³-hybridized carbons (Fsp3) is 0.150. The monoisotopic (exact) mass is 480 g/mol. The van der Waals surface area contributed by atoms with Crippen LogP contribution in [0.4, 0.5) is 24.0 Å². The smallest absolute Gasteiger partial charge is 0.325 e. The highest BCUT2D eigenvalue weighted by molar-refractivity contribution is 8.01. The van der Waals surface area contributed by atoms with Crippen LogP contribution in [0.25, 0.3) is 0 Å². The number of thioether (sulfide) groups is 1. The molecule has 2 amide bonds. The second kappa shape index (κ2) is 9.92. The summed E-state index contributed by atoms with van der Waals surface area (Å²) in [5, 5.41) is 12.5. The van der Waals surface area contributed by atoms with Gasteiger partial charge in [0, 0.05) is 11.3 Å². The number of aromatic nitrogens is 2. The zero-order chi connectivity index (χ0) is 23.3. The highest BCUT2D eigenvalue weighted by Gasteiger charge is 2.35. The van der Waals surface area contributed by atoms with Gasteiger partial charge in [-0.2, -0.15) is 13.2 Å². The number of nitrogens with one attached hydrogen (secondary N) is 2. The molecule has 0 aliphatic carbocycles. The molecule has 0 radical (unpaired) electrons. The number of hydrogen-bond acceptors (Lipinski definition) is 7. The van der Waals surface area contributed by atoms with E-state index in [1.807, 2.05) is 0 Å². The topological polar surface area (TPSA) is 101 Å². The normalized spacial score (nSPS) is 11.1. The molecule has 0 saturated carbocycles. The van der Waals surface area contributed by atoms with Crippen LogP contribution < -0.4 is 10.6 Å². The Labute approximate surface area is 188 Å². The first kappa shape index (κ1) is 23.4. The number of halogens is 3. The molecule has 0 spiro atoms. The number of ketones is 1. The second-order valence-corrected chi connectivity index (χ2v) is 8.54. The van der Waals surface area contributed by atoms with E-state index in [0.29, 0.717) is 15.6 Å². The molecule has 1 heterocycles. The number of carbonyl (C=O) groups is 3. The number of carbonyl (C=O) groups excluding carboxylic acids is 3. The molecule has 32 heavy (non-hydrogen) atoms. The maximum absolute atomic E-state index is 13.1. The number of rotatable bonds is 7. The van der Waals surface area contributed by atoms with Crippen molar-refractivity contribution in [2.45, 2.75) is 17.4 Å². The Bertz CT molecular complexity index is 1150. The lowest BCUT2D eigenvalue weighted by Crippen LogP contribution is -2.18. The fourth-order valence-electron chi connectivity index (χ4n) is 2.52. The summed E-state index contributed by atoms with van der Waals surface area (Å²) in [4.78, 5) is 35.6. The molecule has 12 heteroatoms. The van der Waals surface area contributed by atoms with Crippen molar-refractivity contribution in [2.75, 3.05) is 16.4 Å². The molecule has 0 aliphatic rings. The van der Waals surface area contributed by atoms with Crippen molar-refractivity contribution in [2.24, 2.45) is 0 Å². The summed E-state index contributed by atoms with van der Waals surface area (Å²) in [6, 6.07) is 10.8. The molecule has 0 aliphatic heterocycles. The average Bonchev–Trinajstić information content (AvgIpc) is 3.19. The Kier molecular flexibility index (Phi) is 7.26. The maximum atomic E-state index is 13.1. The van der Waals surface area contributed by atoms with E-state index in [-0.39, 0.29) is 22.6 Å². The van der Waals surface area contributed by atoms with Gasteiger partial charge in [-0.1, -0.05) is 35.2 Å². The minimum Gasteiger partial charge on any atom is -0.325 e. The highest BCUT2D eigenvalue weighted by Crippen LogP contribution is 2.32. The van der Waals surface area contributed by atoms with Gasteiger partial charge in [-0.15, -0.1) is 10.2 Å². The number of Topliss-reactive ketones (excluding diaryl/α,β-unsaturated/α-hetero) is 1. The van der Waals surface area contributed by atoms with Crippen LogP contribution in [0.15, 0.2) is 52.9 Å². The summed E-state index contributed by atoms with van der Waals surface area (Å²) in [6.07, 6.45) is -4.67. The van der Waals surface area contributed by atoms with Crippen molar-refractivity contribution in [3.05, 3.63) is 65.2 Å². The van der Waals surface area contributed by atoms with Gasteiger partial charge in [0.15, 0.2) is 10.1 Å². The van der Waals surface area contributed by atoms with Crippen molar-refractivity contribution in [3.8, 4) is 0 Å². The zero-order valence-corrected chi connectivity index (χ0v) is 18.0. The van der Waals surface area contributed by atoms with Crippen LogP contribution >= 0.6 is 23.1 Å². The molecule has 166 valence electrons. The first-order chi connectivity index (χ1) is 15.1. The second-order valence-electron chi connectivity index (χ2n) is 6.34. The van der Waals surface area contributed by atoms with Gasteiger partial charge in [-0.25, -0.2) is 0 Å². The Hall–Kier alpha value is -3.25. The van der Waals surface area contributed by atoms with E-state index >= 15 is 0 Å². The lowest BCUT2D eigenvalue weighted by molar-refractivity contribution is -0.137. The van der Waals surface area contributed by atoms with E-state index in [2.05, 4.69) is 20.8 Å². The van der Waals surface area contributed by atoms with Crippen LogP contribution in [0.5, 0.6) is 0 Å². The summed E-state index contributed by atoms with van der Waals surface area (Å²) in [5.41, 5.74) is -0.531. The molecule has 0 bridgehead atoms. The SMILES string of the molecule is CC(=O)c1ccc(NC(=O)CSc2nnc(NC(=O)c3ccccc3C(F)(F)F)s2)cc1. The zero-order valence-electron chi connectivity index (χ0n) is 16.4. The molecule has 0 fully saturated rings. The van der Waals surface area contributed by atoms with E-state index in [1.54, 1.807) is 24.3 Å². The number of hydrogen-bond donors (Lipinski definition) is 2. The molecule has 2 aromatic carbocycles. The molecular formula is C20H15F3N4O3S2. The van der Waals surface area contributed by atoms with E-state index < -0.39 is 23.2 Å². The van der Waals surface area contributed by atoms with Gasteiger partial charge < -0.3 is 5.32 Å². The van der Waals surface area contributed by atoms with Gasteiger partial charge >= 0.3 is 6.18 Å². The van der Waals surface area contributed by atoms with Crippen LogP contribution in [-0.2, 0) is 11.0 Å². The van der Waals surface area contributed by atoms with Crippen LogP contribution in [0.2, 0.25) is 0 Å². The van der Waals surface area contributed by atoms with Crippen molar-refractivity contribution in [1.29, 1.82) is 0 Å². The number of amides is 2. The summed E-state index contributed by atoms with van der Waals surface area (Å²) in [7, 11) is 0. The summed E-state index contributed by atoms with van der Waals surface area (Å²) < 4.78 is 39.6. The molecule has 2 N–H and O–H groups in total. The third kappa shape index (κ3) is 6.14. The van der Waals surface area contributed by atoms with Gasteiger partial charge in [-0.05, 0) is 43.3 Å². The van der Waals surface area contributed by atoms with Gasteiger partial charge in [0.25, 0.3) is 5.91 Å². The lowest BCUT2D eigenvalue weighted by atomic mass is 10.1. The predicted molar refractivity (Wildman–Crippen MR) is 115 cm³/mol. The van der Waals surface area contributed by atoms with Crippen molar-refractivity contribution >= 4 is 51.5 Å². The third-order valence-corrected chi connectivity index (χ3v) is 5.98. The highest BCUT2D eigenvalue weighted by atomic mass is 32.2. The number of anilines is 2. The van der Waals surface area contributed by atoms with E-state index in [9.17, 15) is 27.6 Å². The van der Waals surface area contributed by atoms with E-state index in [1.165, 1.54) is 19.1 Å². The fourth-order valence-corrected chi connectivity index (χ4v) is 4.07. The Morgan fingerprint density at radius 3 is 2.34 bits per heavy atom. The molecule has 1 aromatic heterocycles. The van der Waals surface area contributed by atoms with Crippen LogP contribution in [0, 0.1) is 0 Å². The molecule has 0 unspecified atom stereocenters. The van der Waals surface area contributed by atoms with Crippen molar-refractivity contribution < 1.29 is 27.6 Å². The minimum absolute atomic E-state index is 0.00601. The quantitative estimate of drug-likeness (QED) is 0.288.